The molecule has 0 aromatic heterocycles. The van der Waals surface area contributed by atoms with E-state index in [2.05, 4.69) is 174 Å². The molecule has 0 fully saturated rings. The molecule has 106 heavy (non-hydrogen) atoms. The van der Waals surface area contributed by atoms with Crippen molar-refractivity contribution < 1.29 is 80.2 Å². The Morgan fingerprint density at radius 1 is 0.283 bits per heavy atom. The van der Waals surface area contributed by atoms with Crippen LogP contribution in [0.3, 0.4) is 0 Å². The lowest BCUT2D eigenvalue weighted by atomic mass is 10.0. The van der Waals surface area contributed by atoms with Gasteiger partial charge in [0.15, 0.2) is 12.2 Å². The molecule has 5 unspecified atom stereocenters. The second-order valence-electron chi connectivity index (χ2n) is 26.2. The summed E-state index contributed by atoms with van der Waals surface area (Å²) in [6, 6.07) is 0. The van der Waals surface area contributed by atoms with E-state index >= 15 is 0 Å². The van der Waals surface area contributed by atoms with Gasteiger partial charge in [0, 0.05) is 19.3 Å². The van der Waals surface area contributed by atoms with E-state index in [-0.39, 0.29) is 25.7 Å². The number of aliphatic hydroxyl groups is 1. The van der Waals surface area contributed by atoms with Gasteiger partial charge in [0.2, 0.25) is 0 Å². The molecule has 0 bridgehead atoms. The zero-order valence-electron chi connectivity index (χ0n) is 65.8. The average Bonchev–Trinajstić information content (AvgIpc) is 0.909. The number of hydrogen-bond donors (Lipinski definition) is 3. The van der Waals surface area contributed by atoms with Crippen molar-refractivity contribution in [3.63, 3.8) is 0 Å². The van der Waals surface area contributed by atoms with Gasteiger partial charge in [0.05, 0.1) is 32.8 Å². The molecule has 0 amide bonds. The van der Waals surface area contributed by atoms with Crippen molar-refractivity contribution in [2.45, 2.75) is 316 Å². The second kappa shape index (κ2) is 77.6. The summed E-state index contributed by atoms with van der Waals surface area (Å²) in [5.41, 5.74) is 0. The molecule has 19 heteroatoms. The number of carbonyl (C=O) groups is 4. The van der Waals surface area contributed by atoms with E-state index in [1.165, 1.54) is 64.2 Å². The van der Waals surface area contributed by atoms with Crippen LogP contribution < -0.4 is 0 Å². The smallest absolute Gasteiger partial charge is 0.462 e. The molecule has 602 valence electrons. The Hall–Kier alpha value is -5.58. The second-order valence-corrected chi connectivity index (χ2v) is 29.1. The topological polar surface area (TPSA) is 237 Å². The third-order valence-corrected chi connectivity index (χ3v) is 18.1. The Morgan fingerprint density at radius 2 is 0.528 bits per heavy atom. The van der Waals surface area contributed by atoms with Crippen molar-refractivity contribution in [2.24, 2.45) is 0 Å². The lowest BCUT2D eigenvalue weighted by Gasteiger charge is -2.21. The van der Waals surface area contributed by atoms with Gasteiger partial charge in [-0.25, -0.2) is 9.13 Å². The highest BCUT2D eigenvalue weighted by molar-refractivity contribution is 7.47. The molecule has 0 saturated heterocycles. The maximum absolute atomic E-state index is 13.1. The van der Waals surface area contributed by atoms with Crippen LogP contribution in [0.2, 0.25) is 0 Å². The molecule has 0 aliphatic heterocycles. The molecule has 0 rings (SSSR count). The van der Waals surface area contributed by atoms with Crippen LogP contribution >= 0.6 is 15.6 Å². The Kier molecular flexibility index (Phi) is 73.5. The van der Waals surface area contributed by atoms with Crippen molar-refractivity contribution in [1.29, 1.82) is 0 Å². The number of carbonyl (C=O) groups excluding carboxylic acids is 4. The summed E-state index contributed by atoms with van der Waals surface area (Å²) in [5.74, 6) is -2.39. The first-order valence-electron chi connectivity index (χ1n) is 40.4. The number of hydrogen-bond acceptors (Lipinski definition) is 15. The number of phosphoric ester groups is 2. The molecular weight excluding hydrogens is 1380 g/mol. The van der Waals surface area contributed by atoms with E-state index in [0.717, 1.165) is 154 Å². The van der Waals surface area contributed by atoms with Crippen LogP contribution in [0.1, 0.15) is 297 Å². The number of unbranched alkanes of at least 4 members (excludes halogenated alkanes) is 21. The predicted octanol–water partition coefficient (Wildman–Crippen LogP) is 23.8. The van der Waals surface area contributed by atoms with Crippen LogP contribution in [-0.2, 0) is 65.4 Å². The summed E-state index contributed by atoms with van der Waals surface area (Å²) in [4.78, 5) is 73.0. The number of esters is 4. The molecule has 5 atom stereocenters. The van der Waals surface area contributed by atoms with Gasteiger partial charge >= 0.3 is 39.5 Å². The number of allylic oxidation sites excluding steroid dienone is 27. The van der Waals surface area contributed by atoms with Crippen LogP contribution in [0.25, 0.3) is 0 Å². The highest BCUT2D eigenvalue weighted by Crippen LogP contribution is 2.45. The van der Waals surface area contributed by atoms with Gasteiger partial charge in [-0.05, 0) is 135 Å². The van der Waals surface area contributed by atoms with Crippen LogP contribution in [0.4, 0.5) is 0 Å². The van der Waals surface area contributed by atoms with Crippen LogP contribution in [0.5, 0.6) is 0 Å². The Labute approximate surface area is 642 Å². The molecule has 0 spiro atoms. The number of rotatable bonds is 74. The molecule has 0 aromatic rings. The Bertz CT molecular complexity index is 2680. The average molecular weight is 1520 g/mol. The molecule has 0 aliphatic carbocycles. The summed E-state index contributed by atoms with van der Waals surface area (Å²) in [5, 5.41) is 10.6. The summed E-state index contributed by atoms with van der Waals surface area (Å²) in [6.45, 7) is 4.36. The minimum atomic E-state index is -5.02. The predicted molar refractivity (Wildman–Crippen MR) is 436 cm³/mol. The first-order valence-corrected chi connectivity index (χ1v) is 43.4. The van der Waals surface area contributed by atoms with Crippen molar-refractivity contribution in [3.8, 4) is 0 Å². The van der Waals surface area contributed by atoms with Crippen LogP contribution in [-0.4, -0.2) is 96.7 Å². The lowest BCUT2D eigenvalue weighted by molar-refractivity contribution is -0.161. The SMILES string of the molecule is CC/C=C\C/C=C\C/C=C\C/C=C\C/C=C\CCCCCC(=O)OCC(COP(=O)(O)OCC(O)COP(=O)(O)OCC(COC(=O)CCCCCC/C=C\C/C=C\C/C=C\C/C=C\CC)OC(=O)CCCCCCCCCCCCCCCCC)OC(=O)C/C=C\C/C=C\C/C=C\C/C=C\C/C=C\CC. The van der Waals surface area contributed by atoms with Crippen LogP contribution in [0, 0.1) is 0 Å². The third-order valence-electron chi connectivity index (χ3n) is 16.2. The number of aliphatic hydroxyl groups excluding tert-OH is 1. The maximum atomic E-state index is 13.1. The fraction of sp³-hybridized carbons (Fsp3) is 0.632. The van der Waals surface area contributed by atoms with Gasteiger partial charge in [0.1, 0.15) is 19.3 Å². The van der Waals surface area contributed by atoms with E-state index in [1.54, 1.807) is 12.2 Å². The zero-order chi connectivity index (χ0) is 77.4. The minimum absolute atomic E-state index is 0.0842. The van der Waals surface area contributed by atoms with Gasteiger partial charge in [-0.1, -0.05) is 307 Å². The summed E-state index contributed by atoms with van der Waals surface area (Å²) in [6.07, 6.45) is 92.2. The Balaban J connectivity index is 5.48. The fourth-order valence-electron chi connectivity index (χ4n) is 10.2. The van der Waals surface area contributed by atoms with Gasteiger partial charge in [-0.2, -0.15) is 0 Å². The van der Waals surface area contributed by atoms with E-state index in [1.807, 2.05) is 12.2 Å². The summed E-state index contributed by atoms with van der Waals surface area (Å²) in [7, 11) is -10.0. The number of phosphoric acid groups is 2. The van der Waals surface area contributed by atoms with Gasteiger partial charge in [0.25, 0.3) is 0 Å². The molecule has 0 aliphatic rings. The highest BCUT2D eigenvalue weighted by atomic mass is 31.2. The molecular formula is C87H142O17P2. The fourth-order valence-corrected chi connectivity index (χ4v) is 11.8. The molecule has 3 N–H and O–H groups in total. The summed E-state index contributed by atoms with van der Waals surface area (Å²) >= 11 is 0. The van der Waals surface area contributed by atoms with Crippen molar-refractivity contribution in [1.82, 2.24) is 0 Å². The van der Waals surface area contributed by atoms with Crippen molar-refractivity contribution in [2.75, 3.05) is 39.6 Å². The highest BCUT2D eigenvalue weighted by Gasteiger charge is 2.30. The van der Waals surface area contributed by atoms with Crippen molar-refractivity contribution in [3.05, 3.63) is 170 Å². The summed E-state index contributed by atoms with van der Waals surface area (Å²) < 4.78 is 68.5. The lowest BCUT2D eigenvalue weighted by Crippen LogP contribution is -2.30. The van der Waals surface area contributed by atoms with Gasteiger partial charge in [-0.15, -0.1) is 0 Å². The van der Waals surface area contributed by atoms with E-state index < -0.39 is 97.5 Å². The first kappa shape index (κ1) is 100. The van der Waals surface area contributed by atoms with Crippen molar-refractivity contribution >= 4 is 39.5 Å². The van der Waals surface area contributed by atoms with Gasteiger partial charge in [-0.3, -0.25) is 37.3 Å². The minimum Gasteiger partial charge on any atom is -0.462 e. The normalized spacial score (nSPS) is 14.7. The van der Waals surface area contributed by atoms with Crippen LogP contribution in [0.15, 0.2) is 170 Å². The van der Waals surface area contributed by atoms with Gasteiger partial charge < -0.3 is 33.8 Å². The third kappa shape index (κ3) is 76.6. The molecule has 0 aromatic carbocycles. The monoisotopic (exact) mass is 1520 g/mol. The molecule has 17 nitrogen and oxygen atoms in total. The first-order chi connectivity index (χ1) is 51.7. The van der Waals surface area contributed by atoms with E-state index in [9.17, 15) is 43.2 Å². The largest absolute Gasteiger partial charge is 0.472 e. The standard InChI is InChI=1S/C87H142O17P2/c1-5-9-13-17-21-25-29-33-37-39-40-42-46-48-52-56-60-64-68-72-85(90)98-78-83(104-87(92)74-70-66-62-58-54-50-44-36-32-28-24-20-16-12-8-4)80-102-106(95,96)100-76-81(88)75-99-105(93,94)101-79-82(103-86(91)73-69-65-61-57-53-49-43-35-31-27-23-19-15-11-7-3)77-97-84(89)71-67-63-59-55-51-47-45-41-38-34-30-26-22-18-14-10-6-2/h9-10,12-14,16,21-22,24-26,28,33-34,36-38,40,42,44-45,47-48,52,54,58,66,70,81-83,88H,5-8,11,15,17-20,23,27,29-32,35,39,41,43,46,49-51,53,55-57,59-65,67-69,71-80H2,1-4H3,(H,93,94)(H,95,96)/b13-9-,14-10-,16-12-,25-21-,26-22-,28-24-,37-33-,38-34-,42-40-,44-36-,47-45-,52-48-,58-54-,70-66-. The molecule has 0 heterocycles. The molecule has 0 radical (unpaired) electrons. The molecule has 0 saturated carbocycles. The van der Waals surface area contributed by atoms with E-state index in [4.69, 9.17) is 37.0 Å². The Morgan fingerprint density at radius 3 is 0.849 bits per heavy atom. The van der Waals surface area contributed by atoms with E-state index in [0.29, 0.717) is 25.7 Å². The quantitative estimate of drug-likeness (QED) is 0.0169. The zero-order valence-corrected chi connectivity index (χ0v) is 67.6. The number of ether oxygens (including phenoxy) is 4. The maximum Gasteiger partial charge on any atom is 0.472 e.